The lowest BCUT2D eigenvalue weighted by Gasteiger charge is -2.12. The van der Waals surface area contributed by atoms with Gasteiger partial charge < -0.3 is 10.1 Å². The molecule has 1 heterocycles. The van der Waals surface area contributed by atoms with E-state index in [4.69, 9.17) is 4.74 Å². The topological polar surface area (TPSA) is 62.4 Å². The van der Waals surface area contributed by atoms with Crippen molar-refractivity contribution >= 4 is 11.6 Å². The second kappa shape index (κ2) is 7.63. The van der Waals surface area contributed by atoms with Crippen molar-refractivity contribution in [2.24, 2.45) is 0 Å². The van der Waals surface area contributed by atoms with E-state index >= 15 is 0 Å². The van der Waals surface area contributed by atoms with Crippen molar-refractivity contribution in [3.05, 3.63) is 59.4 Å². The molecule has 0 radical (unpaired) electrons. The highest BCUT2D eigenvalue weighted by Crippen LogP contribution is 2.25. The van der Waals surface area contributed by atoms with Gasteiger partial charge in [0.15, 0.2) is 0 Å². The fourth-order valence-corrected chi connectivity index (χ4v) is 2.86. The predicted octanol–water partition coefficient (Wildman–Crippen LogP) is 3.08. The maximum atomic E-state index is 13.3. The van der Waals surface area contributed by atoms with E-state index < -0.39 is 0 Å². The van der Waals surface area contributed by atoms with E-state index in [-0.39, 0.29) is 23.8 Å². The summed E-state index contributed by atoms with van der Waals surface area (Å²) < 4.78 is 18.7. The number of halogens is 1. The Morgan fingerprint density at radius 3 is 2.68 bits per heavy atom. The van der Waals surface area contributed by atoms with Crippen molar-refractivity contribution in [3.63, 3.8) is 0 Å². The third kappa shape index (κ3) is 4.15. The first-order chi connectivity index (χ1) is 12.1. The largest absolute Gasteiger partial charge is 0.494 e. The Labute approximate surface area is 146 Å². The number of amides is 1. The summed E-state index contributed by atoms with van der Waals surface area (Å²) in [6, 6.07) is 12.1. The maximum absolute atomic E-state index is 13.3. The van der Waals surface area contributed by atoms with Gasteiger partial charge in [0.05, 0.1) is 6.61 Å². The molecule has 2 unspecified atom stereocenters. The lowest BCUT2D eigenvalue weighted by Crippen LogP contribution is -2.39. The fraction of sp³-hybridized carbons (Fsp3) is 0.316. The van der Waals surface area contributed by atoms with Gasteiger partial charge in [-0.05, 0) is 61.7 Å². The molecule has 6 heteroatoms. The normalized spacial score (nSPS) is 19.6. The van der Waals surface area contributed by atoms with Crippen LogP contribution >= 0.6 is 0 Å². The van der Waals surface area contributed by atoms with Crippen LogP contribution in [0.1, 0.15) is 30.5 Å². The Bertz CT molecular complexity index is 749. The van der Waals surface area contributed by atoms with Gasteiger partial charge in [-0.25, -0.2) is 15.2 Å². The van der Waals surface area contributed by atoms with Crippen LogP contribution in [0, 0.1) is 12.7 Å². The summed E-state index contributed by atoms with van der Waals surface area (Å²) >= 11 is 0. The molecule has 132 valence electrons. The molecule has 2 aromatic carbocycles. The minimum absolute atomic E-state index is 0.0429. The molecule has 2 atom stereocenters. The third-order valence-electron chi connectivity index (χ3n) is 4.24. The Hall–Kier alpha value is -2.44. The molecule has 0 aromatic heterocycles. The number of benzene rings is 2. The zero-order valence-electron chi connectivity index (χ0n) is 14.3. The van der Waals surface area contributed by atoms with E-state index in [1.165, 1.54) is 6.07 Å². The van der Waals surface area contributed by atoms with E-state index in [9.17, 15) is 9.18 Å². The van der Waals surface area contributed by atoms with E-state index in [1.54, 1.807) is 19.1 Å². The number of hydrazine groups is 1. The van der Waals surface area contributed by atoms with Crippen LogP contribution in [0.15, 0.2) is 42.5 Å². The van der Waals surface area contributed by atoms with Gasteiger partial charge in [-0.2, -0.15) is 0 Å². The molecule has 3 N–H and O–H groups in total. The van der Waals surface area contributed by atoms with Crippen LogP contribution in [0.25, 0.3) is 0 Å². The molecular formula is C19H22FN3O2. The summed E-state index contributed by atoms with van der Waals surface area (Å²) in [6.45, 7) is 4.25. The van der Waals surface area contributed by atoms with E-state index in [0.29, 0.717) is 24.3 Å². The van der Waals surface area contributed by atoms with E-state index in [2.05, 4.69) is 16.2 Å². The van der Waals surface area contributed by atoms with Crippen LogP contribution < -0.4 is 20.9 Å². The Morgan fingerprint density at radius 2 is 2.00 bits per heavy atom. The SMILES string of the molecule is CCOc1ccc(C2CC(C(=O)Nc3ccc(F)c(C)c3)NN2)cc1. The third-order valence-corrected chi connectivity index (χ3v) is 4.24. The lowest BCUT2D eigenvalue weighted by atomic mass is 10.0. The van der Waals surface area contributed by atoms with Crippen LogP contribution in [0.5, 0.6) is 5.75 Å². The number of carbonyl (C=O) groups excluding carboxylic acids is 1. The number of nitrogens with one attached hydrogen (secondary N) is 3. The first-order valence-electron chi connectivity index (χ1n) is 8.37. The van der Waals surface area contributed by atoms with Gasteiger partial charge in [0.2, 0.25) is 5.91 Å². The van der Waals surface area contributed by atoms with Gasteiger partial charge in [-0.1, -0.05) is 12.1 Å². The van der Waals surface area contributed by atoms with E-state index in [1.807, 2.05) is 31.2 Å². The van der Waals surface area contributed by atoms with Crippen LogP contribution in [-0.2, 0) is 4.79 Å². The molecule has 0 spiro atoms. The van der Waals surface area contributed by atoms with Crippen molar-refractivity contribution in [1.29, 1.82) is 0 Å². The Morgan fingerprint density at radius 1 is 1.24 bits per heavy atom. The van der Waals surface area contributed by atoms with Crippen molar-refractivity contribution in [3.8, 4) is 5.75 Å². The van der Waals surface area contributed by atoms with Crippen molar-refractivity contribution in [2.75, 3.05) is 11.9 Å². The van der Waals surface area contributed by atoms with Crippen LogP contribution in [0.4, 0.5) is 10.1 Å². The highest BCUT2D eigenvalue weighted by molar-refractivity contribution is 5.95. The summed E-state index contributed by atoms with van der Waals surface area (Å²) in [5, 5.41) is 2.82. The lowest BCUT2D eigenvalue weighted by molar-refractivity contribution is -0.117. The summed E-state index contributed by atoms with van der Waals surface area (Å²) in [6.07, 6.45) is 0.625. The van der Waals surface area contributed by atoms with Gasteiger partial charge in [0.25, 0.3) is 0 Å². The molecule has 1 aliphatic rings. The smallest absolute Gasteiger partial charge is 0.242 e. The average molecular weight is 343 g/mol. The summed E-state index contributed by atoms with van der Waals surface area (Å²) in [7, 11) is 0. The van der Waals surface area contributed by atoms with Gasteiger partial charge in [-0.3, -0.25) is 4.79 Å². The molecule has 0 saturated carbocycles. The van der Waals surface area contributed by atoms with Crippen LogP contribution in [0.3, 0.4) is 0 Å². The number of carbonyl (C=O) groups is 1. The van der Waals surface area contributed by atoms with Gasteiger partial charge in [0.1, 0.15) is 17.6 Å². The zero-order valence-corrected chi connectivity index (χ0v) is 14.3. The van der Waals surface area contributed by atoms with Gasteiger partial charge in [-0.15, -0.1) is 0 Å². The second-order valence-electron chi connectivity index (χ2n) is 6.08. The molecule has 1 aliphatic heterocycles. The molecule has 25 heavy (non-hydrogen) atoms. The molecule has 3 rings (SSSR count). The molecular weight excluding hydrogens is 321 g/mol. The predicted molar refractivity (Wildman–Crippen MR) is 94.8 cm³/mol. The Balaban J connectivity index is 1.59. The molecule has 1 fully saturated rings. The van der Waals surface area contributed by atoms with Gasteiger partial charge >= 0.3 is 0 Å². The van der Waals surface area contributed by atoms with Crippen molar-refractivity contribution in [2.45, 2.75) is 32.4 Å². The van der Waals surface area contributed by atoms with Crippen LogP contribution in [0.2, 0.25) is 0 Å². The highest BCUT2D eigenvalue weighted by atomic mass is 19.1. The maximum Gasteiger partial charge on any atom is 0.242 e. The van der Waals surface area contributed by atoms with Crippen LogP contribution in [-0.4, -0.2) is 18.6 Å². The monoisotopic (exact) mass is 343 g/mol. The standard InChI is InChI=1S/C19H22FN3O2/c1-3-25-15-7-4-13(5-8-15)17-11-18(23-22-17)19(24)21-14-6-9-16(20)12(2)10-14/h4-10,17-18,22-23H,3,11H2,1-2H3,(H,21,24). The first kappa shape index (κ1) is 17.4. The molecule has 0 bridgehead atoms. The van der Waals surface area contributed by atoms with E-state index in [0.717, 1.165) is 11.3 Å². The van der Waals surface area contributed by atoms with Gasteiger partial charge in [0, 0.05) is 11.7 Å². The molecule has 2 aromatic rings. The highest BCUT2D eigenvalue weighted by Gasteiger charge is 2.30. The average Bonchev–Trinajstić information content (AvgIpc) is 3.09. The number of hydrogen-bond acceptors (Lipinski definition) is 4. The number of anilines is 1. The minimum Gasteiger partial charge on any atom is -0.494 e. The molecule has 5 nitrogen and oxygen atoms in total. The molecule has 0 aliphatic carbocycles. The number of ether oxygens (including phenoxy) is 1. The Kier molecular flexibility index (Phi) is 5.31. The number of aryl methyl sites for hydroxylation is 1. The number of hydrogen-bond donors (Lipinski definition) is 3. The first-order valence-corrected chi connectivity index (χ1v) is 8.37. The molecule has 1 amide bonds. The van der Waals surface area contributed by atoms with Crippen molar-refractivity contribution in [1.82, 2.24) is 10.9 Å². The zero-order chi connectivity index (χ0) is 17.8. The molecule has 1 saturated heterocycles. The summed E-state index contributed by atoms with van der Waals surface area (Å²) in [5.41, 5.74) is 8.36. The van der Waals surface area contributed by atoms with Crippen molar-refractivity contribution < 1.29 is 13.9 Å². The fourth-order valence-electron chi connectivity index (χ4n) is 2.86. The minimum atomic E-state index is -0.359. The number of rotatable bonds is 5. The second-order valence-corrected chi connectivity index (χ2v) is 6.08. The summed E-state index contributed by atoms with van der Waals surface area (Å²) in [4.78, 5) is 12.4. The summed E-state index contributed by atoms with van der Waals surface area (Å²) in [5.74, 6) is 0.402. The quantitative estimate of drug-likeness (QED) is 0.781.